The number of hydrogen-bond acceptors (Lipinski definition) is 3. The Labute approximate surface area is 120 Å². The van der Waals surface area contributed by atoms with E-state index in [1.54, 1.807) is 0 Å². The van der Waals surface area contributed by atoms with E-state index in [1.165, 1.54) is 38.0 Å². The summed E-state index contributed by atoms with van der Waals surface area (Å²) in [4.78, 5) is 2.60. The first kappa shape index (κ1) is 13.3. The Kier molecular flexibility index (Phi) is 4.43. The molecule has 4 heteroatoms. The highest BCUT2D eigenvalue weighted by Gasteiger charge is 2.19. The van der Waals surface area contributed by atoms with Gasteiger partial charge in [0, 0.05) is 19.6 Å². The summed E-state index contributed by atoms with van der Waals surface area (Å²) in [5.41, 5.74) is 1.44. The molecule has 0 bridgehead atoms. The number of nitrogens with zero attached hydrogens (tertiary/aromatic N) is 4. The lowest BCUT2D eigenvalue weighted by Gasteiger charge is -2.32. The van der Waals surface area contributed by atoms with Gasteiger partial charge in [0.05, 0.1) is 0 Å². The van der Waals surface area contributed by atoms with Crippen LogP contribution in [0.3, 0.4) is 0 Å². The van der Waals surface area contributed by atoms with Crippen LogP contribution in [0.4, 0.5) is 0 Å². The maximum absolute atomic E-state index is 3.88. The van der Waals surface area contributed by atoms with Crippen LogP contribution in [0.5, 0.6) is 0 Å². The van der Waals surface area contributed by atoms with Gasteiger partial charge in [-0.2, -0.15) is 0 Å². The molecule has 1 saturated heterocycles. The fourth-order valence-corrected chi connectivity index (χ4v) is 3.05. The molecule has 1 atom stereocenters. The van der Waals surface area contributed by atoms with E-state index in [9.17, 15) is 0 Å². The van der Waals surface area contributed by atoms with Crippen LogP contribution in [0.2, 0.25) is 0 Å². The average molecular weight is 270 g/mol. The molecule has 1 fully saturated rings. The van der Waals surface area contributed by atoms with Crippen molar-refractivity contribution in [1.29, 1.82) is 0 Å². The highest BCUT2D eigenvalue weighted by Crippen LogP contribution is 2.18. The van der Waals surface area contributed by atoms with Gasteiger partial charge in [-0.15, -0.1) is 10.2 Å². The number of hydrogen-bond donors (Lipinski definition) is 0. The second kappa shape index (κ2) is 6.66. The van der Waals surface area contributed by atoms with Gasteiger partial charge in [-0.3, -0.25) is 0 Å². The van der Waals surface area contributed by atoms with E-state index in [2.05, 4.69) is 50.0 Å². The van der Waals surface area contributed by atoms with Crippen molar-refractivity contribution in [3.05, 3.63) is 48.5 Å². The predicted octanol–water partition coefficient (Wildman–Crippen LogP) is 2.23. The summed E-state index contributed by atoms with van der Waals surface area (Å²) in [7, 11) is 0. The van der Waals surface area contributed by atoms with Gasteiger partial charge in [-0.05, 0) is 37.3 Å². The number of piperidine rings is 1. The van der Waals surface area contributed by atoms with Gasteiger partial charge in [0.2, 0.25) is 0 Å². The van der Waals surface area contributed by atoms with Crippen molar-refractivity contribution in [2.75, 3.05) is 19.6 Å². The molecule has 1 aromatic heterocycles. The van der Waals surface area contributed by atoms with Gasteiger partial charge in [0.1, 0.15) is 12.7 Å². The lowest BCUT2D eigenvalue weighted by Crippen LogP contribution is -2.38. The van der Waals surface area contributed by atoms with Crippen LogP contribution in [-0.4, -0.2) is 39.3 Å². The standard InChI is InChI=1S/C16H22N4/c1-2-5-15(6-3-1)8-10-19-9-4-7-16(11-19)12-20-13-17-18-14-20/h1-3,5-6,13-14,16H,4,7-12H2. The van der Waals surface area contributed by atoms with Crippen LogP contribution in [0, 0.1) is 5.92 Å². The van der Waals surface area contributed by atoms with Crippen molar-refractivity contribution in [3.63, 3.8) is 0 Å². The molecule has 0 saturated carbocycles. The minimum Gasteiger partial charge on any atom is -0.320 e. The molecule has 0 radical (unpaired) electrons. The summed E-state index contributed by atoms with van der Waals surface area (Å²) < 4.78 is 2.10. The molecule has 1 aliphatic heterocycles. The van der Waals surface area contributed by atoms with E-state index in [4.69, 9.17) is 0 Å². The number of benzene rings is 1. The summed E-state index contributed by atoms with van der Waals surface area (Å²) in [5, 5.41) is 7.76. The van der Waals surface area contributed by atoms with Gasteiger partial charge in [0.25, 0.3) is 0 Å². The molecule has 3 rings (SSSR count). The Balaban J connectivity index is 1.48. The molecule has 0 spiro atoms. The zero-order chi connectivity index (χ0) is 13.6. The summed E-state index contributed by atoms with van der Waals surface area (Å²) in [5.74, 6) is 0.732. The van der Waals surface area contributed by atoms with Crippen LogP contribution in [0.25, 0.3) is 0 Å². The Morgan fingerprint density at radius 1 is 1.10 bits per heavy atom. The molecule has 1 aliphatic rings. The number of aromatic nitrogens is 3. The maximum Gasteiger partial charge on any atom is 0.119 e. The fraction of sp³-hybridized carbons (Fsp3) is 0.500. The molecule has 106 valence electrons. The summed E-state index contributed by atoms with van der Waals surface area (Å²) in [6, 6.07) is 10.8. The zero-order valence-corrected chi connectivity index (χ0v) is 11.9. The van der Waals surface area contributed by atoms with E-state index < -0.39 is 0 Å². The average Bonchev–Trinajstić information content (AvgIpc) is 3.00. The van der Waals surface area contributed by atoms with Crippen LogP contribution in [-0.2, 0) is 13.0 Å². The molecule has 1 unspecified atom stereocenters. The second-order valence-corrected chi connectivity index (χ2v) is 5.70. The van der Waals surface area contributed by atoms with E-state index in [0.29, 0.717) is 0 Å². The van der Waals surface area contributed by atoms with E-state index in [0.717, 1.165) is 18.9 Å². The lowest BCUT2D eigenvalue weighted by atomic mass is 9.97. The van der Waals surface area contributed by atoms with Gasteiger partial charge >= 0.3 is 0 Å². The molecular weight excluding hydrogens is 248 g/mol. The predicted molar refractivity (Wildman–Crippen MR) is 79.3 cm³/mol. The first-order valence-electron chi connectivity index (χ1n) is 7.49. The third kappa shape index (κ3) is 3.67. The molecule has 20 heavy (non-hydrogen) atoms. The normalized spacial score (nSPS) is 20.1. The second-order valence-electron chi connectivity index (χ2n) is 5.70. The van der Waals surface area contributed by atoms with E-state index >= 15 is 0 Å². The highest BCUT2D eigenvalue weighted by atomic mass is 15.2. The molecule has 2 aromatic rings. The maximum atomic E-state index is 3.88. The van der Waals surface area contributed by atoms with E-state index in [1.807, 2.05) is 12.7 Å². The van der Waals surface area contributed by atoms with Crippen LogP contribution >= 0.6 is 0 Å². The monoisotopic (exact) mass is 270 g/mol. The van der Waals surface area contributed by atoms with Crippen molar-refractivity contribution in [2.24, 2.45) is 5.92 Å². The summed E-state index contributed by atoms with van der Waals surface area (Å²) >= 11 is 0. The summed E-state index contributed by atoms with van der Waals surface area (Å²) in [6.07, 6.45) is 7.42. The van der Waals surface area contributed by atoms with Gasteiger partial charge in [0.15, 0.2) is 0 Å². The van der Waals surface area contributed by atoms with Gasteiger partial charge in [-0.1, -0.05) is 30.3 Å². The Morgan fingerprint density at radius 3 is 2.70 bits per heavy atom. The van der Waals surface area contributed by atoms with Crippen molar-refractivity contribution in [2.45, 2.75) is 25.8 Å². The number of rotatable bonds is 5. The van der Waals surface area contributed by atoms with Gasteiger partial charge < -0.3 is 9.47 Å². The fourth-order valence-electron chi connectivity index (χ4n) is 3.05. The minimum atomic E-state index is 0.732. The van der Waals surface area contributed by atoms with Crippen molar-refractivity contribution in [3.8, 4) is 0 Å². The van der Waals surface area contributed by atoms with Gasteiger partial charge in [-0.25, -0.2) is 0 Å². The third-order valence-electron chi connectivity index (χ3n) is 4.10. The molecule has 2 heterocycles. The van der Waals surface area contributed by atoms with Crippen molar-refractivity contribution < 1.29 is 0 Å². The Hall–Kier alpha value is -1.68. The van der Waals surface area contributed by atoms with Crippen LogP contribution < -0.4 is 0 Å². The highest BCUT2D eigenvalue weighted by molar-refractivity contribution is 5.14. The van der Waals surface area contributed by atoms with Crippen LogP contribution in [0.1, 0.15) is 18.4 Å². The molecule has 0 amide bonds. The third-order valence-corrected chi connectivity index (χ3v) is 4.10. The molecular formula is C16H22N4. The minimum absolute atomic E-state index is 0.732. The first-order chi connectivity index (χ1) is 9.90. The molecule has 1 aromatic carbocycles. The van der Waals surface area contributed by atoms with Crippen molar-refractivity contribution >= 4 is 0 Å². The topological polar surface area (TPSA) is 34.0 Å². The van der Waals surface area contributed by atoms with E-state index in [-0.39, 0.29) is 0 Å². The molecule has 0 N–H and O–H groups in total. The first-order valence-corrected chi connectivity index (χ1v) is 7.49. The van der Waals surface area contributed by atoms with Crippen molar-refractivity contribution in [1.82, 2.24) is 19.7 Å². The zero-order valence-electron chi connectivity index (χ0n) is 11.9. The molecule has 4 nitrogen and oxygen atoms in total. The largest absolute Gasteiger partial charge is 0.320 e. The smallest absolute Gasteiger partial charge is 0.119 e. The SMILES string of the molecule is c1ccc(CCN2CCCC(Cn3cnnc3)C2)cc1. The Morgan fingerprint density at radius 2 is 1.90 bits per heavy atom. The Bertz CT molecular complexity index is 494. The van der Waals surface area contributed by atoms with Crippen LogP contribution in [0.15, 0.2) is 43.0 Å². The quantitative estimate of drug-likeness (QED) is 0.835. The molecule has 0 aliphatic carbocycles. The lowest BCUT2D eigenvalue weighted by molar-refractivity contribution is 0.164. The summed E-state index contributed by atoms with van der Waals surface area (Å²) in [6.45, 7) is 4.66. The number of likely N-dealkylation sites (tertiary alicyclic amines) is 1.